The van der Waals surface area contributed by atoms with Crippen molar-refractivity contribution in [2.45, 2.75) is 52.5 Å². The molecule has 1 N–H and O–H groups in total. The van der Waals surface area contributed by atoms with Crippen LogP contribution in [0.5, 0.6) is 0 Å². The van der Waals surface area contributed by atoms with Gasteiger partial charge in [0, 0.05) is 5.41 Å². The van der Waals surface area contributed by atoms with Crippen molar-refractivity contribution in [1.82, 2.24) is 15.5 Å². The van der Waals surface area contributed by atoms with Gasteiger partial charge in [-0.05, 0) is 19.9 Å². The SMILES string of the molecule is CCNC(C)c1nnc(C(C)(C)CC)s1. The first kappa shape index (κ1) is 12.6. The summed E-state index contributed by atoms with van der Waals surface area (Å²) in [7, 11) is 0. The predicted molar refractivity (Wildman–Crippen MR) is 65.3 cm³/mol. The zero-order valence-corrected chi connectivity index (χ0v) is 11.1. The first-order valence-corrected chi connectivity index (χ1v) is 6.40. The van der Waals surface area contributed by atoms with Crippen molar-refractivity contribution < 1.29 is 0 Å². The van der Waals surface area contributed by atoms with E-state index in [0.717, 1.165) is 23.0 Å². The Kier molecular flexibility index (Phi) is 4.22. The smallest absolute Gasteiger partial charge is 0.134 e. The zero-order chi connectivity index (χ0) is 11.5. The maximum Gasteiger partial charge on any atom is 0.134 e. The third-order valence-electron chi connectivity index (χ3n) is 2.78. The van der Waals surface area contributed by atoms with E-state index in [-0.39, 0.29) is 5.41 Å². The quantitative estimate of drug-likeness (QED) is 0.840. The maximum absolute atomic E-state index is 4.29. The van der Waals surface area contributed by atoms with E-state index in [1.165, 1.54) is 0 Å². The molecule has 86 valence electrons. The minimum Gasteiger partial charge on any atom is -0.308 e. The normalized spacial score (nSPS) is 14.2. The lowest BCUT2D eigenvalue weighted by Crippen LogP contribution is -2.17. The molecule has 0 aromatic carbocycles. The van der Waals surface area contributed by atoms with Gasteiger partial charge in [0.25, 0.3) is 0 Å². The lowest BCUT2D eigenvalue weighted by Gasteiger charge is -2.17. The first-order chi connectivity index (χ1) is 7.01. The van der Waals surface area contributed by atoms with Gasteiger partial charge in [-0.25, -0.2) is 0 Å². The molecule has 0 radical (unpaired) electrons. The Hall–Kier alpha value is -0.480. The van der Waals surface area contributed by atoms with Gasteiger partial charge >= 0.3 is 0 Å². The zero-order valence-electron chi connectivity index (χ0n) is 10.3. The summed E-state index contributed by atoms with van der Waals surface area (Å²) in [6.07, 6.45) is 1.09. The van der Waals surface area contributed by atoms with Gasteiger partial charge in [0.1, 0.15) is 10.0 Å². The van der Waals surface area contributed by atoms with E-state index in [1.807, 2.05) is 0 Å². The highest BCUT2D eigenvalue weighted by molar-refractivity contribution is 7.11. The van der Waals surface area contributed by atoms with Crippen molar-refractivity contribution in [3.05, 3.63) is 10.0 Å². The number of aromatic nitrogens is 2. The van der Waals surface area contributed by atoms with Crippen molar-refractivity contribution in [3.8, 4) is 0 Å². The Bertz CT molecular complexity index is 307. The number of nitrogens with one attached hydrogen (secondary N) is 1. The van der Waals surface area contributed by atoms with Gasteiger partial charge in [0.15, 0.2) is 0 Å². The second kappa shape index (κ2) is 5.03. The standard InChI is InChI=1S/C11H21N3S/c1-6-11(4,5)10-14-13-9(15-10)8(3)12-7-2/h8,12H,6-7H2,1-5H3. The minimum absolute atomic E-state index is 0.155. The average Bonchev–Trinajstić information content (AvgIpc) is 2.67. The first-order valence-electron chi connectivity index (χ1n) is 5.58. The Balaban J connectivity index is 2.80. The Morgan fingerprint density at radius 1 is 1.33 bits per heavy atom. The van der Waals surface area contributed by atoms with Crippen LogP contribution >= 0.6 is 11.3 Å². The van der Waals surface area contributed by atoms with Crippen LogP contribution in [-0.2, 0) is 5.41 Å². The van der Waals surface area contributed by atoms with Crippen molar-refractivity contribution in [1.29, 1.82) is 0 Å². The van der Waals surface area contributed by atoms with Gasteiger partial charge in [-0.15, -0.1) is 10.2 Å². The molecule has 0 saturated carbocycles. The molecule has 0 bridgehead atoms. The third-order valence-corrected chi connectivity index (χ3v) is 4.26. The van der Waals surface area contributed by atoms with Gasteiger partial charge in [0.2, 0.25) is 0 Å². The number of nitrogens with zero attached hydrogens (tertiary/aromatic N) is 2. The summed E-state index contributed by atoms with van der Waals surface area (Å²) in [6.45, 7) is 11.8. The summed E-state index contributed by atoms with van der Waals surface area (Å²) in [4.78, 5) is 0. The number of hydrogen-bond donors (Lipinski definition) is 1. The molecule has 3 nitrogen and oxygen atoms in total. The molecule has 1 aromatic rings. The summed E-state index contributed by atoms with van der Waals surface area (Å²) in [6, 6.07) is 0.314. The monoisotopic (exact) mass is 227 g/mol. The summed E-state index contributed by atoms with van der Waals surface area (Å²) in [5, 5.41) is 14.1. The number of rotatable bonds is 5. The van der Waals surface area contributed by atoms with Crippen LogP contribution in [-0.4, -0.2) is 16.7 Å². The fraction of sp³-hybridized carbons (Fsp3) is 0.818. The van der Waals surface area contributed by atoms with Gasteiger partial charge in [-0.3, -0.25) is 0 Å². The molecule has 0 fully saturated rings. The highest BCUT2D eigenvalue weighted by Gasteiger charge is 2.24. The van der Waals surface area contributed by atoms with Crippen LogP contribution in [0.25, 0.3) is 0 Å². The molecule has 1 atom stereocenters. The highest BCUT2D eigenvalue weighted by atomic mass is 32.1. The molecule has 1 rings (SSSR count). The predicted octanol–water partition coefficient (Wildman–Crippen LogP) is 2.90. The molecule has 0 aliphatic heterocycles. The van der Waals surface area contributed by atoms with Crippen LogP contribution in [0.15, 0.2) is 0 Å². The minimum atomic E-state index is 0.155. The molecule has 0 spiro atoms. The van der Waals surface area contributed by atoms with E-state index >= 15 is 0 Å². The summed E-state index contributed by atoms with van der Waals surface area (Å²) in [5.74, 6) is 0. The fourth-order valence-electron chi connectivity index (χ4n) is 1.23. The van der Waals surface area contributed by atoms with Gasteiger partial charge in [-0.1, -0.05) is 39.0 Å². The Morgan fingerprint density at radius 3 is 2.53 bits per heavy atom. The lowest BCUT2D eigenvalue weighted by atomic mass is 9.91. The van der Waals surface area contributed by atoms with Crippen LogP contribution in [0.1, 0.15) is 57.1 Å². The van der Waals surface area contributed by atoms with Crippen molar-refractivity contribution in [3.63, 3.8) is 0 Å². The van der Waals surface area contributed by atoms with E-state index in [0.29, 0.717) is 6.04 Å². The van der Waals surface area contributed by atoms with E-state index < -0.39 is 0 Å². The van der Waals surface area contributed by atoms with Crippen LogP contribution < -0.4 is 5.32 Å². The fourth-order valence-corrected chi connectivity index (χ4v) is 2.27. The van der Waals surface area contributed by atoms with Crippen LogP contribution in [0.3, 0.4) is 0 Å². The molecule has 1 aromatic heterocycles. The molecule has 4 heteroatoms. The number of hydrogen-bond acceptors (Lipinski definition) is 4. The Labute approximate surface area is 96.3 Å². The summed E-state index contributed by atoms with van der Waals surface area (Å²) < 4.78 is 0. The Morgan fingerprint density at radius 2 is 2.00 bits per heavy atom. The summed E-state index contributed by atoms with van der Waals surface area (Å²) in [5.41, 5.74) is 0.155. The lowest BCUT2D eigenvalue weighted by molar-refractivity contribution is 0.497. The van der Waals surface area contributed by atoms with E-state index in [2.05, 4.69) is 50.1 Å². The second-order valence-electron chi connectivity index (χ2n) is 4.46. The van der Waals surface area contributed by atoms with E-state index in [4.69, 9.17) is 0 Å². The molecule has 15 heavy (non-hydrogen) atoms. The van der Waals surface area contributed by atoms with E-state index in [9.17, 15) is 0 Å². The van der Waals surface area contributed by atoms with Crippen molar-refractivity contribution in [2.24, 2.45) is 0 Å². The topological polar surface area (TPSA) is 37.8 Å². The largest absolute Gasteiger partial charge is 0.308 e. The van der Waals surface area contributed by atoms with Gasteiger partial charge in [-0.2, -0.15) is 0 Å². The molecule has 1 heterocycles. The van der Waals surface area contributed by atoms with Crippen LogP contribution in [0.4, 0.5) is 0 Å². The average molecular weight is 227 g/mol. The van der Waals surface area contributed by atoms with Crippen molar-refractivity contribution >= 4 is 11.3 Å². The molecular formula is C11H21N3S. The van der Waals surface area contributed by atoms with E-state index in [1.54, 1.807) is 11.3 Å². The van der Waals surface area contributed by atoms with Crippen molar-refractivity contribution in [2.75, 3.05) is 6.54 Å². The molecule has 0 saturated heterocycles. The molecule has 0 aliphatic carbocycles. The molecule has 0 amide bonds. The molecular weight excluding hydrogens is 206 g/mol. The van der Waals surface area contributed by atoms with Crippen LogP contribution in [0.2, 0.25) is 0 Å². The van der Waals surface area contributed by atoms with Gasteiger partial charge in [0.05, 0.1) is 6.04 Å². The van der Waals surface area contributed by atoms with Gasteiger partial charge < -0.3 is 5.32 Å². The maximum atomic E-state index is 4.29. The third kappa shape index (κ3) is 2.98. The summed E-state index contributed by atoms with van der Waals surface area (Å²) >= 11 is 1.73. The highest BCUT2D eigenvalue weighted by Crippen LogP contribution is 2.30. The second-order valence-corrected chi connectivity index (χ2v) is 5.47. The molecule has 1 unspecified atom stereocenters. The molecule has 0 aliphatic rings. The van der Waals surface area contributed by atoms with Crippen LogP contribution in [0, 0.1) is 0 Å².